The van der Waals surface area contributed by atoms with E-state index >= 15 is 0 Å². The second kappa shape index (κ2) is 5.28. The Morgan fingerprint density at radius 1 is 1.29 bits per heavy atom. The van der Waals surface area contributed by atoms with Gasteiger partial charge < -0.3 is 10.2 Å². The molecule has 0 bridgehead atoms. The molecule has 1 amide bonds. The molecule has 1 aromatic heterocycles. The van der Waals surface area contributed by atoms with Crippen molar-refractivity contribution in [3.63, 3.8) is 0 Å². The van der Waals surface area contributed by atoms with E-state index in [-0.39, 0.29) is 11.3 Å². The van der Waals surface area contributed by atoms with Gasteiger partial charge in [-0.25, -0.2) is 0 Å². The highest BCUT2D eigenvalue weighted by Gasteiger charge is 2.32. The standard InChI is InChI=1S/C16H24N4O/c1-16(2,3)13-6-7-14(19-18-13)20-9-11(10-20)8-17-15(21)12-4-5-12/h6-7,11-12H,4-5,8-10H2,1-3H3,(H,17,21). The Balaban J connectivity index is 1.46. The van der Waals surface area contributed by atoms with Crippen LogP contribution in [-0.2, 0) is 10.2 Å². The molecule has 0 aromatic carbocycles. The van der Waals surface area contributed by atoms with Crippen molar-refractivity contribution in [1.82, 2.24) is 15.5 Å². The molecule has 0 unspecified atom stereocenters. The van der Waals surface area contributed by atoms with Crippen LogP contribution < -0.4 is 10.2 Å². The van der Waals surface area contributed by atoms with Crippen molar-refractivity contribution in [2.45, 2.75) is 39.0 Å². The van der Waals surface area contributed by atoms with Crippen LogP contribution in [0.3, 0.4) is 0 Å². The zero-order valence-corrected chi connectivity index (χ0v) is 13.1. The summed E-state index contributed by atoms with van der Waals surface area (Å²) in [6.07, 6.45) is 2.14. The molecular weight excluding hydrogens is 264 g/mol. The third-order valence-electron chi connectivity index (χ3n) is 4.21. The van der Waals surface area contributed by atoms with E-state index in [1.807, 2.05) is 6.07 Å². The van der Waals surface area contributed by atoms with E-state index in [1.54, 1.807) is 0 Å². The first-order chi connectivity index (χ1) is 9.93. The summed E-state index contributed by atoms with van der Waals surface area (Å²) in [6.45, 7) is 9.11. The molecule has 2 heterocycles. The zero-order valence-electron chi connectivity index (χ0n) is 13.1. The second-order valence-corrected chi connectivity index (χ2v) is 7.32. The fourth-order valence-electron chi connectivity index (χ4n) is 2.51. The minimum Gasteiger partial charge on any atom is -0.355 e. The number of aromatic nitrogens is 2. The topological polar surface area (TPSA) is 58.1 Å². The van der Waals surface area contributed by atoms with E-state index in [0.717, 1.165) is 44.0 Å². The maximum absolute atomic E-state index is 11.6. The highest BCUT2D eigenvalue weighted by Crippen LogP contribution is 2.29. The molecule has 1 N–H and O–H groups in total. The maximum Gasteiger partial charge on any atom is 0.223 e. The molecule has 2 aliphatic rings. The van der Waals surface area contributed by atoms with Crippen LogP contribution in [0, 0.1) is 11.8 Å². The van der Waals surface area contributed by atoms with Crippen LogP contribution in [0.4, 0.5) is 5.82 Å². The molecule has 1 saturated heterocycles. The van der Waals surface area contributed by atoms with Gasteiger partial charge in [-0.15, -0.1) is 5.10 Å². The molecule has 1 saturated carbocycles. The number of hydrogen-bond acceptors (Lipinski definition) is 4. The van der Waals surface area contributed by atoms with Crippen LogP contribution in [0.15, 0.2) is 12.1 Å². The molecule has 1 aliphatic heterocycles. The molecule has 0 radical (unpaired) electrons. The summed E-state index contributed by atoms with van der Waals surface area (Å²) in [7, 11) is 0. The molecule has 3 rings (SSSR count). The van der Waals surface area contributed by atoms with Gasteiger partial charge in [0.1, 0.15) is 0 Å². The SMILES string of the molecule is CC(C)(C)c1ccc(N2CC(CNC(=O)C3CC3)C2)nn1. The molecule has 21 heavy (non-hydrogen) atoms. The third-order valence-corrected chi connectivity index (χ3v) is 4.21. The number of hydrogen-bond donors (Lipinski definition) is 1. The van der Waals surface area contributed by atoms with Crippen molar-refractivity contribution >= 4 is 11.7 Å². The molecule has 1 aliphatic carbocycles. The van der Waals surface area contributed by atoms with Crippen molar-refractivity contribution in [2.75, 3.05) is 24.5 Å². The van der Waals surface area contributed by atoms with Crippen LogP contribution in [0.5, 0.6) is 0 Å². The quantitative estimate of drug-likeness (QED) is 0.917. The molecule has 0 atom stereocenters. The van der Waals surface area contributed by atoms with Crippen LogP contribution >= 0.6 is 0 Å². The van der Waals surface area contributed by atoms with Crippen LogP contribution in [0.2, 0.25) is 0 Å². The normalized spacial score (nSPS) is 19.3. The molecule has 5 nitrogen and oxygen atoms in total. The Bertz CT molecular complexity index is 510. The van der Waals surface area contributed by atoms with Crippen molar-refractivity contribution < 1.29 is 4.79 Å². The number of nitrogens with zero attached hydrogens (tertiary/aromatic N) is 3. The molecule has 5 heteroatoms. The minimum atomic E-state index is 0.0378. The van der Waals surface area contributed by atoms with Crippen LogP contribution in [-0.4, -0.2) is 35.7 Å². The number of carbonyl (C=O) groups is 1. The van der Waals surface area contributed by atoms with E-state index in [2.05, 4.69) is 47.3 Å². The maximum atomic E-state index is 11.6. The Morgan fingerprint density at radius 3 is 2.52 bits per heavy atom. The predicted octanol–water partition coefficient (Wildman–Crippen LogP) is 1.74. The lowest BCUT2D eigenvalue weighted by Gasteiger charge is -2.40. The summed E-state index contributed by atoms with van der Waals surface area (Å²) in [5.74, 6) is 2.02. The lowest BCUT2D eigenvalue weighted by Crippen LogP contribution is -2.52. The number of nitrogens with one attached hydrogen (secondary N) is 1. The summed E-state index contributed by atoms with van der Waals surface area (Å²) in [6, 6.07) is 4.11. The molecule has 1 aromatic rings. The number of rotatable bonds is 4. The van der Waals surface area contributed by atoms with E-state index < -0.39 is 0 Å². The summed E-state index contributed by atoms with van der Waals surface area (Å²) in [5, 5.41) is 11.7. The van der Waals surface area contributed by atoms with Crippen molar-refractivity contribution in [2.24, 2.45) is 11.8 Å². The number of anilines is 1. The highest BCUT2D eigenvalue weighted by atomic mass is 16.2. The van der Waals surface area contributed by atoms with Gasteiger partial charge in [-0.05, 0) is 25.0 Å². The number of amides is 1. The van der Waals surface area contributed by atoms with Crippen molar-refractivity contribution in [3.8, 4) is 0 Å². The third kappa shape index (κ3) is 3.34. The lowest BCUT2D eigenvalue weighted by atomic mass is 9.92. The average molecular weight is 288 g/mol. The Labute approximate surface area is 126 Å². The van der Waals surface area contributed by atoms with Gasteiger partial charge in [-0.3, -0.25) is 4.79 Å². The summed E-state index contributed by atoms with van der Waals surface area (Å²) in [4.78, 5) is 13.8. The van der Waals surface area contributed by atoms with E-state index in [9.17, 15) is 4.79 Å². The molecule has 2 fully saturated rings. The van der Waals surface area contributed by atoms with Crippen LogP contribution in [0.1, 0.15) is 39.3 Å². The van der Waals surface area contributed by atoms with Gasteiger partial charge in [-0.1, -0.05) is 20.8 Å². The van der Waals surface area contributed by atoms with Crippen molar-refractivity contribution in [3.05, 3.63) is 17.8 Å². The van der Waals surface area contributed by atoms with E-state index in [0.29, 0.717) is 11.8 Å². The van der Waals surface area contributed by atoms with Gasteiger partial charge in [-0.2, -0.15) is 5.10 Å². The zero-order chi connectivity index (χ0) is 15.0. The van der Waals surface area contributed by atoms with E-state index in [4.69, 9.17) is 0 Å². The van der Waals surface area contributed by atoms with Gasteiger partial charge in [0.15, 0.2) is 5.82 Å². The smallest absolute Gasteiger partial charge is 0.223 e. The molecule has 114 valence electrons. The number of carbonyl (C=O) groups excluding carboxylic acids is 1. The van der Waals surface area contributed by atoms with Gasteiger partial charge in [0.05, 0.1) is 5.69 Å². The lowest BCUT2D eigenvalue weighted by molar-refractivity contribution is -0.122. The van der Waals surface area contributed by atoms with Gasteiger partial charge in [0.2, 0.25) is 5.91 Å². The Morgan fingerprint density at radius 2 is 2.00 bits per heavy atom. The monoisotopic (exact) mass is 288 g/mol. The Hall–Kier alpha value is -1.65. The first-order valence-corrected chi connectivity index (χ1v) is 7.80. The minimum absolute atomic E-state index is 0.0378. The van der Waals surface area contributed by atoms with Crippen LogP contribution in [0.25, 0.3) is 0 Å². The average Bonchev–Trinajstić information content (AvgIpc) is 3.20. The second-order valence-electron chi connectivity index (χ2n) is 7.32. The fraction of sp³-hybridized carbons (Fsp3) is 0.688. The first kappa shape index (κ1) is 14.3. The van der Waals surface area contributed by atoms with Gasteiger partial charge in [0, 0.05) is 36.9 Å². The fourth-order valence-corrected chi connectivity index (χ4v) is 2.51. The predicted molar refractivity (Wildman–Crippen MR) is 82.2 cm³/mol. The summed E-state index contributed by atoms with van der Waals surface area (Å²) < 4.78 is 0. The van der Waals surface area contributed by atoms with Gasteiger partial charge in [0.25, 0.3) is 0 Å². The molecular formula is C16H24N4O. The molecule has 0 spiro atoms. The highest BCUT2D eigenvalue weighted by molar-refractivity contribution is 5.80. The van der Waals surface area contributed by atoms with Gasteiger partial charge >= 0.3 is 0 Å². The first-order valence-electron chi connectivity index (χ1n) is 7.80. The van der Waals surface area contributed by atoms with E-state index in [1.165, 1.54) is 0 Å². The largest absolute Gasteiger partial charge is 0.355 e. The Kier molecular flexibility index (Phi) is 3.59. The summed E-state index contributed by atoms with van der Waals surface area (Å²) in [5.41, 5.74) is 1.05. The van der Waals surface area contributed by atoms with Crippen molar-refractivity contribution in [1.29, 1.82) is 0 Å². The summed E-state index contributed by atoms with van der Waals surface area (Å²) >= 11 is 0.